The molecule has 3 rings (SSSR count). The first-order valence-corrected chi connectivity index (χ1v) is 7.47. The van der Waals surface area contributed by atoms with E-state index >= 15 is 0 Å². The van der Waals surface area contributed by atoms with Gasteiger partial charge in [-0.05, 0) is 26.7 Å². The molecule has 2 saturated heterocycles. The van der Waals surface area contributed by atoms with Crippen LogP contribution in [0, 0.1) is 6.92 Å². The molecule has 2 aliphatic heterocycles. The minimum absolute atomic E-state index is 0.0873. The number of rotatable bonds is 2. The molecule has 2 aliphatic rings. The van der Waals surface area contributed by atoms with Crippen LogP contribution in [0.15, 0.2) is 5.51 Å². The fraction of sp³-hybridized carbons (Fsp3) is 0.615. The molecule has 2 amide bonds. The first-order valence-electron chi connectivity index (χ1n) is 6.59. The molecule has 102 valence electrons. The van der Waals surface area contributed by atoms with Crippen molar-refractivity contribution in [2.24, 2.45) is 0 Å². The van der Waals surface area contributed by atoms with Gasteiger partial charge in [-0.1, -0.05) is 0 Å². The number of piperazine rings is 1. The standard InChI is InChI=1S/C13H17N3O2S/c1-8-11(19-7-14-8)6-16-9(2)12(17)15-5-3-4-10(15)13(16)18/h7,9-10H,3-6H2,1-2H3. The van der Waals surface area contributed by atoms with E-state index in [2.05, 4.69) is 4.98 Å². The molecule has 3 heterocycles. The van der Waals surface area contributed by atoms with Gasteiger partial charge >= 0.3 is 0 Å². The fourth-order valence-electron chi connectivity index (χ4n) is 2.89. The van der Waals surface area contributed by atoms with Gasteiger partial charge in [-0.3, -0.25) is 9.59 Å². The lowest BCUT2D eigenvalue weighted by Gasteiger charge is -2.40. The molecular weight excluding hydrogens is 262 g/mol. The number of hydrogen-bond donors (Lipinski definition) is 0. The van der Waals surface area contributed by atoms with Crippen molar-refractivity contribution in [2.75, 3.05) is 6.54 Å². The van der Waals surface area contributed by atoms with Gasteiger partial charge in [-0.2, -0.15) is 0 Å². The second-order valence-electron chi connectivity index (χ2n) is 5.19. The van der Waals surface area contributed by atoms with Crippen LogP contribution in [-0.2, 0) is 16.1 Å². The summed E-state index contributed by atoms with van der Waals surface area (Å²) in [6.45, 7) is 5.00. The number of aryl methyl sites for hydroxylation is 1. The van der Waals surface area contributed by atoms with Crippen molar-refractivity contribution in [2.45, 2.75) is 45.3 Å². The van der Waals surface area contributed by atoms with Gasteiger partial charge < -0.3 is 9.80 Å². The van der Waals surface area contributed by atoms with E-state index < -0.39 is 0 Å². The summed E-state index contributed by atoms with van der Waals surface area (Å²) in [6.07, 6.45) is 1.73. The Bertz CT molecular complexity index is 528. The molecule has 0 saturated carbocycles. The molecule has 1 aromatic rings. The zero-order valence-corrected chi connectivity index (χ0v) is 11.9. The molecule has 0 bridgehead atoms. The van der Waals surface area contributed by atoms with Gasteiger partial charge in [0.1, 0.15) is 12.1 Å². The first kappa shape index (κ1) is 12.6. The molecule has 0 spiro atoms. The summed E-state index contributed by atoms with van der Waals surface area (Å²) in [5, 5.41) is 0. The van der Waals surface area contributed by atoms with Gasteiger partial charge in [-0.15, -0.1) is 11.3 Å². The van der Waals surface area contributed by atoms with E-state index in [-0.39, 0.29) is 23.9 Å². The zero-order valence-electron chi connectivity index (χ0n) is 11.1. The summed E-state index contributed by atoms with van der Waals surface area (Å²) < 4.78 is 0. The average molecular weight is 279 g/mol. The van der Waals surface area contributed by atoms with Crippen molar-refractivity contribution < 1.29 is 9.59 Å². The summed E-state index contributed by atoms with van der Waals surface area (Å²) in [5.74, 6) is 0.182. The Morgan fingerprint density at radius 2 is 2.21 bits per heavy atom. The van der Waals surface area contributed by atoms with Gasteiger partial charge in [0.05, 0.1) is 17.7 Å². The van der Waals surface area contributed by atoms with E-state index in [1.54, 1.807) is 26.6 Å². The topological polar surface area (TPSA) is 53.5 Å². The zero-order chi connectivity index (χ0) is 13.6. The Morgan fingerprint density at radius 3 is 2.89 bits per heavy atom. The number of nitrogens with zero attached hydrogens (tertiary/aromatic N) is 3. The third-order valence-corrected chi connectivity index (χ3v) is 5.01. The van der Waals surface area contributed by atoms with Crippen LogP contribution in [0.1, 0.15) is 30.3 Å². The van der Waals surface area contributed by atoms with Crippen molar-refractivity contribution in [1.82, 2.24) is 14.8 Å². The van der Waals surface area contributed by atoms with Gasteiger partial charge in [-0.25, -0.2) is 4.98 Å². The fourth-order valence-corrected chi connectivity index (χ4v) is 3.67. The van der Waals surface area contributed by atoms with Crippen LogP contribution in [0.4, 0.5) is 0 Å². The molecule has 2 unspecified atom stereocenters. The normalized spacial score (nSPS) is 27.1. The highest BCUT2D eigenvalue weighted by Gasteiger charge is 2.45. The van der Waals surface area contributed by atoms with Crippen LogP contribution in [0.5, 0.6) is 0 Å². The van der Waals surface area contributed by atoms with Gasteiger partial charge in [0.15, 0.2) is 0 Å². The third kappa shape index (κ3) is 1.94. The highest BCUT2D eigenvalue weighted by Crippen LogP contribution is 2.28. The lowest BCUT2D eigenvalue weighted by Crippen LogP contribution is -2.61. The lowest BCUT2D eigenvalue weighted by atomic mass is 10.1. The van der Waals surface area contributed by atoms with E-state index in [9.17, 15) is 9.59 Å². The predicted molar refractivity (Wildman–Crippen MR) is 71.6 cm³/mol. The number of carbonyl (C=O) groups excluding carboxylic acids is 2. The van der Waals surface area contributed by atoms with Crippen LogP contribution in [0.2, 0.25) is 0 Å². The van der Waals surface area contributed by atoms with Crippen molar-refractivity contribution in [3.8, 4) is 0 Å². The summed E-state index contributed by atoms with van der Waals surface area (Å²) in [5.41, 5.74) is 2.74. The summed E-state index contributed by atoms with van der Waals surface area (Å²) in [4.78, 5) is 33.6. The largest absolute Gasteiger partial charge is 0.329 e. The minimum Gasteiger partial charge on any atom is -0.329 e. The molecule has 0 aliphatic carbocycles. The van der Waals surface area contributed by atoms with Crippen LogP contribution in [0.3, 0.4) is 0 Å². The van der Waals surface area contributed by atoms with Crippen molar-refractivity contribution in [1.29, 1.82) is 0 Å². The van der Waals surface area contributed by atoms with E-state index in [0.717, 1.165) is 30.0 Å². The molecule has 2 fully saturated rings. The molecular formula is C13H17N3O2S. The Balaban J connectivity index is 1.86. The first-order chi connectivity index (χ1) is 9.09. The molecule has 19 heavy (non-hydrogen) atoms. The Labute approximate surface area is 116 Å². The number of carbonyl (C=O) groups is 2. The van der Waals surface area contributed by atoms with E-state index in [0.29, 0.717) is 6.54 Å². The number of fused-ring (bicyclic) bond motifs is 1. The van der Waals surface area contributed by atoms with Crippen LogP contribution in [-0.4, -0.2) is 45.2 Å². The van der Waals surface area contributed by atoms with E-state index in [1.165, 1.54) is 0 Å². The molecule has 0 radical (unpaired) electrons. The summed E-state index contributed by atoms with van der Waals surface area (Å²) in [7, 11) is 0. The van der Waals surface area contributed by atoms with Crippen LogP contribution in [0.25, 0.3) is 0 Å². The van der Waals surface area contributed by atoms with Crippen LogP contribution < -0.4 is 0 Å². The maximum absolute atomic E-state index is 12.5. The quantitative estimate of drug-likeness (QED) is 0.816. The molecule has 0 N–H and O–H groups in total. The minimum atomic E-state index is -0.358. The highest BCUT2D eigenvalue weighted by molar-refractivity contribution is 7.09. The number of hydrogen-bond acceptors (Lipinski definition) is 4. The molecule has 1 aromatic heterocycles. The van der Waals surface area contributed by atoms with Gasteiger partial charge in [0.2, 0.25) is 11.8 Å². The maximum Gasteiger partial charge on any atom is 0.246 e. The molecule has 5 nitrogen and oxygen atoms in total. The smallest absolute Gasteiger partial charge is 0.246 e. The van der Waals surface area contributed by atoms with Crippen molar-refractivity contribution in [3.05, 3.63) is 16.1 Å². The molecule has 6 heteroatoms. The Morgan fingerprint density at radius 1 is 1.42 bits per heavy atom. The summed E-state index contributed by atoms with van der Waals surface area (Å²) >= 11 is 1.54. The number of amides is 2. The summed E-state index contributed by atoms with van der Waals surface area (Å²) in [6, 6.07) is -0.583. The van der Waals surface area contributed by atoms with Gasteiger partial charge in [0, 0.05) is 11.4 Å². The Hall–Kier alpha value is -1.43. The SMILES string of the molecule is Cc1ncsc1CN1C(=O)C2CCCN2C(=O)C1C. The van der Waals surface area contributed by atoms with E-state index in [1.807, 2.05) is 13.8 Å². The van der Waals surface area contributed by atoms with Gasteiger partial charge in [0.25, 0.3) is 0 Å². The lowest BCUT2D eigenvalue weighted by molar-refractivity contribution is -0.159. The highest BCUT2D eigenvalue weighted by atomic mass is 32.1. The molecule has 0 aromatic carbocycles. The number of aromatic nitrogens is 1. The Kier molecular flexibility index (Phi) is 3.05. The van der Waals surface area contributed by atoms with E-state index in [4.69, 9.17) is 0 Å². The second kappa shape index (κ2) is 4.59. The average Bonchev–Trinajstić information content (AvgIpc) is 3.01. The maximum atomic E-state index is 12.5. The predicted octanol–water partition coefficient (Wildman–Crippen LogP) is 1.17. The molecule has 2 atom stereocenters. The monoisotopic (exact) mass is 279 g/mol. The second-order valence-corrected chi connectivity index (χ2v) is 6.13. The third-order valence-electron chi connectivity index (χ3n) is 4.09. The van der Waals surface area contributed by atoms with Crippen LogP contribution >= 0.6 is 11.3 Å². The van der Waals surface area contributed by atoms with Crippen molar-refractivity contribution in [3.63, 3.8) is 0 Å². The number of thiazole rings is 1. The van der Waals surface area contributed by atoms with Crippen molar-refractivity contribution >= 4 is 23.2 Å².